The number of anilines is 6. The van der Waals surface area contributed by atoms with Crippen LogP contribution in [0.15, 0.2) is 303 Å². The number of benzene rings is 12. The van der Waals surface area contributed by atoms with Crippen LogP contribution in [0, 0.1) is 0 Å². The molecule has 0 amide bonds. The lowest BCUT2D eigenvalue weighted by Crippen LogP contribution is -2.09. The van der Waals surface area contributed by atoms with Gasteiger partial charge in [0.1, 0.15) is 0 Å². The van der Waals surface area contributed by atoms with Crippen LogP contribution in [-0.2, 0) is 0 Å². The fraction of sp³-hybridized carbons (Fsp3) is 0.0423. The van der Waals surface area contributed by atoms with E-state index in [1.54, 1.807) is 0 Å². The first-order valence-electron chi connectivity index (χ1n) is 25.2. The largest absolute Gasteiger partial charge is 0.345 e. The summed E-state index contributed by atoms with van der Waals surface area (Å²) in [5, 5.41) is 5.08. The van der Waals surface area contributed by atoms with Crippen molar-refractivity contribution in [3.8, 4) is 44.5 Å². The quantitative estimate of drug-likeness (QED) is 0.135. The third-order valence-corrected chi connectivity index (χ3v) is 13.7. The summed E-state index contributed by atoms with van der Waals surface area (Å²) in [6.45, 7) is 0. The molecule has 12 aromatic carbocycles. The number of fused-ring (bicyclic) bond motifs is 2. The molecule has 74 heavy (non-hydrogen) atoms. The maximum absolute atomic E-state index is 2.25. The highest BCUT2D eigenvalue weighted by Crippen LogP contribution is 2.34. The Hall–Kier alpha value is -9.44. The molecule has 0 saturated carbocycles. The molecule has 0 spiro atoms. The van der Waals surface area contributed by atoms with Gasteiger partial charge in [-0.3, -0.25) is 0 Å². The molecule has 0 aliphatic rings. The summed E-state index contributed by atoms with van der Waals surface area (Å²) in [6, 6.07) is 107. The summed E-state index contributed by atoms with van der Waals surface area (Å²) in [6.07, 6.45) is 0. The van der Waals surface area contributed by atoms with Gasteiger partial charge >= 0.3 is 0 Å². The smallest absolute Gasteiger partial charge is 0.0487 e. The van der Waals surface area contributed by atoms with E-state index >= 15 is 0 Å². The minimum Gasteiger partial charge on any atom is -0.345 e. The van der Waals surface area contributed by atoms with Crippen LogP contribution in [0.4, 0.5) is 34.1 Å². The van der Waals surface area contributed by atoms with Crippen molar-refractivity contribution in [1.29, 1.82) is 0 Å². The Morgan fingerprint density at radius 2 is 0.473 bits per heavy atom. The first kappa shape index (κ1) is 48.2. The summed E-state index contributed by atoms with van der Waals surface area (Å²) in [5.74, 6) is 0. The first-order valence-corrected chi connectivity index (χ1v) is 25.2. The SMILES string of the molecule is CN(c1ccc(-c2ccccc2)cc1)c1ccc(-c2ccccc2)cc1.CN(c1ccc(-c2ccccc2)cc1)c1ccc2ccccc2c1.CN(c1ccc(-c2ccccc2)cc1)c1cccc2ccccc12. The van der Waals surface area contributed by atoms with Crippen molar-refractivity contribution >= 4 is 55.7 Å². The van der Waals surface area contributed by atoms with Gasteiger partial charge in [-0.25, -0.2) is 0 Å². The Labute approximate surface area is 437 Å². The second kappa shape index (κ2) is 23.2. The van der Waals surface area contributed by atoms with Gasteiger partial charge in [0.2, 0.25) is 0 Å². The number of rotatable bonds is 10. The number of nitrogens with zero attached hydrogens (tertiary/aromatic N) is 3. The minimum absolute atomic E-state index is 1.18. The molecule has 0 saturated heterocycles. The van der Waals surface area contributed by atoms with E-state index in [1.165, 1.54) is 100 Å². The van der Waals surface area contributed by atoms with Gasteiger partial charge < -0.3 is 14.7 Å². The summed E-state index contributed by atoms with van der Waals surface area (Å²) < 4.78 is 0. The Balaban J connectivity index is 0.000000127. The van der Waals surface area contributed by atoms with E-state index in [2.05, 4.69) is 315 Å². The van der Waals surface area contributed by atoms with Crippen molar-refractivity contribution in [1.82, 2.24) is 0 Å². The molecular formula is C71H59N3. The summed E-state index contributed by atoms with van der Waals surface area (Å²) in [4.78, 5) is 6.68. The molecule has 0 aliphatic heterocycles. The molecule has 0 unspecified atom stereocenters. The van der Waals surface area contributed by atoms with Crippen LogP contribution in [0.2, 0.25) is 0 Å². The lowest BCUT2D eigenvalue weighted by molar-refractivity contribution is 1.21. The van der Waals surface area contributed by atoms with Crippen molar-refractivity contribution in [2.24, 2.45) is 0 Å². The fourth-order valence-electron chi connectivity index (χ4n) is 9.36. The Bertz CT molecular complexity index is 3560. The monoisotopic (exact) mass is 953 g/mol. The van der Waals surface area contributed by atoms with Gasteiger partial charge in [-0.05, 0) is 127 Å². The molecule has 0 N–H and O–H groups in total. The highest BCUT2D eigenvalue weighted by Gasteiger charge is 2.10. The van der Waals surface area contributed by atoms with E-state index in [0.29, 0.717) is 0 Å². The molecule has 3 nitrogen and oxygen atoms in total. The molecule has 0 heterocycles. The van der Waals surface area contributed by atoms with E-state index in [-0.39, 0.29) is 0 Å². The lowest BCUT2D eigenvalue weighted by atomic mass is 10.0. The van der Waals surface area contributed by atoms with E-state index < -0.39 is 0 Å². The molecule has 0 bridgehead atoms. The van der Waals surface area contributed by atoms with Crippen molar-refractivity contribution < 1.29 is 0 Å². The Kier molecular flexibility index (Phi) is 15.1. The molecule has 0 aliphatic carbocycles. The van der Waals surface area contributed by atoms with Gasteiger partial charge in [0.05, 0.1) is 0 Å². The zero-order valence-corrected chi connectivity index (χ0v) is 42.2. The topological polar surface area (TPSA) is 9.72 Å². The standard InChI is InChI=1S/C25H21N.2C23H19N/c1-26(24-16-12-22(13-17-24)20-8-4-2-5-9-20)25-18-14-23(15-19-25)21-10-6-3-7-11-21;1-24(23-13-7-11-20-10-5-6-12-22(20)23)21-16-14-19(15-17-21)18-8-3-2-4-9-18;1-24(23-16-13-19-9-5-6-10-21(19)17-23)22-14-11-20(12-15-22)18-7-3-2-4-8-18/h2-19H,1H3;2*2-17H,1H3. The third-order valence-electron chi connectivity index (χ3n) is 13.7. The first-order chi connectivity index (χ1) is 36.4. The van der Waals surface area contributed by atoms with Crippen LogP contribution in [0.5, 0.6) is 0 Å². The molecule has 0 atom stereocenters. The van der Waals surface area contributed by atoms with E-state index in [1.807, 2.05) is 24.3 Å². The van der Waals surface area contributed by atoms with Crippen molar-refractivity contribution in [2.45, 2.75) is 0 Å². The predicted octanol–water partition coefficient (Wildman–Crippen LogP) is 19.3. The van der Waals surface area contributed by atoms with E-state index in [4.69, 9.17) is 0 Å². The van der Waals surface area contributed by atoms with Gasteiger partial charge in [0.15, 0.2) is 0 Å². The zero-order valence-electron chi connectivity index (χ0n) is 42.2. The normalized spacial score (nSPS) is 10.6. The molecular weight excluding hydrogens is 895 g/mol. The maximum Gasteiger partial charge on any atom is 0.0487 e. The van der Waals surface area contributed by atoms with Crippen LogP contribution < -0.4 is 14.7 Å². The summed E-state index contributed by atoms with van der Waals surface area (Å²) in [7, 11) is 6.34. The second-order valence-electron chi connectivity index (χ2n) is 18.4. The molecule has 358 valence electrons. The molecule has 12 rings (SSSR count). The predicted molar refractivity (Wildman–Crippen MR) is 320 cm³/mol. The number of hydrogen-bond acceptors (Lipinski definition) is 3. The fourth-order valence-corrected chi connectivity index (χ4v) is 9.36. The summed E-state index contributed by atoms with van der Waals surface area (Å²) in [5.41, 5.74) is 17.1. The van der Waals surface area contributed by atoms with E-state index in [9.17, 15) is 0 Å². The second-order valence-corrected chi connectivity index (χ2v) is 18.4. The molecule has 3 heteroatoms. The van der Waals surface area contributed by atoms with Crippen molar-refractivity contribution in [2.75, 3.05) is 35.8 Å². The minimum atomic E-state index is 1.18. The average Bonchev–Trinajstić information content (AvgIpc) is 3.50. The van der Waals surface area contributed by atoms with Gasteiger partial charge in [-0.15, -0.1) is 0 Å². The van der Waals surface area contributed by atoms with Crippen LogP contribution in [0.3, 0.4) is 0 Å². The van der Waals surface area contributed by atoms with Crippen LogP contribution in [0.1, 0.15) is 0 Å². The molecule has 0 fully saturated rings. The maximum atomic E-state index is 2.25. The molecule has 12 aromatic rings. The number of hydrogen-bond donors (Lipinski definition) is 0. The highest BCUT2D eigenvalue weighted by atomic mass is 15.1. The third kappa shape index (κ3) is 11.5. The van der Waals surface area contributed by atoms with Gasteiger partial charge in [-0.1, -0.05) is 237 Å². The van der Waals surface area contributed by atoms with E-state index in [0.717, 1.165) is 0 Å². The van der Waals surface area contributed by atoms with Crippen LogP contribution >= 0.6 is 0 Å². The average molecular weight is 954 g/mol. The van der Waals surface area contributed by atoms with Crippen LogP contribution in [0.25, 0.3) is 66.1 Å². The lowest BCUT2D eigenvalue weighted by Gasteiger charge is -2.21. The van der Waals surface area contributed by atoms with Gasteiger partial charge in [-0.2, -0.15) is 0 Å². The molecule has 0 aromatic heterocycles. The summed E-state index contributed by atoms with van der Waals surface area (Å²) >= 11 is 0. The molecule has 0 radical (unpaired) electrons. The van der Waals surface area contributed by atoms with Gasteiger partial charge in [0, 0.05) is 60.7 Å². The Morgan fingerprint density at radius 3 is 0.878 bits per heavy atom. The Morgan fingerprint density at radius 1 is 0.189 bits per heavy atom. The van der Waals surface area contributed by atoms with Gasteiger partial charge in [0.25, 0.3) is 0 Å². The highest BCUT2D eigenvalue weighted by molar-refractivity contribution is 5.96. The van der Waals surface area contributed by atoms with Crippen molar-refractivity contribution in [3.63, 3.8) is 0 Å². The zero-order chi connectivity index (χ0) is 50.5. The van der Waals surface area contributed by atoms with Crippen LogP contribution in [-0.4, -0.2) is 21.1 Å². The van der Waals surface area contributed by atoms with Crippen molar-refractivity contribution in [3.05, 3.63) is 303 Å².